The van der Waals surface area contributed by atoms with Crippen LogP contribution in [0.5, 0.6) is 0 Å². The fourth-order valence-electron chi connectivity index (χ4n) is 2.50. The highest BCUT2D eigenvalue weighted by Crippen LogP contribution is 2.23. The molecule has 0 unspecified atom stereocenters. The molecule has 1 aliphatic heterocycles. The first-order chi connectivity index (χ1) is 9.50. The van der Waals surface area contributed by atoms with Crippen LogP contribution in [0.3, 0.4) is 0 Å². The predicted octanol–water partition coefficient (Wildman–Crippen LogP) is 0.844. The number of aromatic amines is 1. The molecule has 0 aliphatic carbocycles. The third kappa shape index (κ3) is 2.77. The zero-order chi connectivity index (χ0) is 14.8. The lowest BCUT2D eigenvalue weighted by atomic mass is 9.91. The Labute approximate surface area is 121 Å². The molecule has 0 atom stereocenters. The van der Waals surface area contributed by atoms with Crippen LogP contribution >= 0.6 is 11.3 Å². The van der Waals surface area contributed by atoms with Gasteiger partial charge in [0.05, 0.1) is 6.54 Å². The first-order valence-electron chi connectivity index (χ1n) is 6.78. The van der Waals surface area contributed by atoms with Crippen molar-refractivity contribution in [3.63, 3.8) is 0 Å². The number of hydrogen-bond acceptors (Lipinski definition) is 4. The van der Waals surface area contributed by atoms with Crippen LogP contribution in [-0.2, 0) is 16.1 Å². The van der Waals surface area contributed by atoms with Crippen molar-refractivity contribution in [3.05, 3.63) is 20.7 Å². The molecule has 20 heavy (non-hydrogen) atoms. The molecule has 2 N–H and O–H groups in total. The third-order valence-electron chi connectivity index (χ3n) is 3.82. The van der Waals surface area contributed by atoms with Gasteiger partial charge < -0.3 is 15.2 Å². The first kappa shape index (κ1) is 14.8. The van der Waals surface area contributed by atoms with Crippen molar-refractivity contribution in [1.82, 2.24) is 15.2 Å². The van der Waals surface area contributed by atoms with Gasteiger partial charge >= 0.3 is 4.87 Å². The highest BCUT2D eigenvalue weighted by atomic mass is 32.1. The van der Waals surface area contributed by atoms with Gasteiger partial charge in [0.25, 0.3) is 0 Å². The minimum absolute atomic E-state index is 0.0691. The maximum Gasteiger partial charge on any atom is 0.304 e. The summed E-state index contributed by atoms with van der Waals surface area (Å²) in [6, 6.07) is 0. The minimum atomic E-state index is -0.816. The normalized spacial score (nSPS) is 18.8. The maximum atomic E-state index is 12.7. The zero-order valence-corrected chi connectivity index (χ0v) is 12.5. The molecule has 0 radical (unpaired) electrons. The molecule has 7 heteroatoms. The number of rotatable bonds is 4. The summed E-state index contributed by atoms with van der Waals surface area (Å²) in [5.74, 6) is -0.163. The molecule has 1 aromatic rings. The summed E-state index contributed by atoms with van der Waals surface area (Å²) >= 11 is 1.08. The summed E-state index contributed by atoms with van der Waals surface area (Å²) in [4.78, 5) is 39.9. The lowest BCUT2D eigenvalue weighted by Crippen LogP contribution is -2.56. The van der Waals surface area contributed by atoms with E-state index in [1.165, 1.54) is 0 Å². The summed E-state index contributed by atoms with van der Waals surface area (Å²) < 4.78 is 0. The van der Waals surface area contributed by atoms with Gasteiger partial charge in [-0.1, -0.05) is 25.2 Å². The predicted molar refractivity (Wildman–Crippen MR) is 76.4 cm³/mol. The average Bonchev–Trinajstić information content (AvgIpc) is 2.80. The van der Waals surface area contributed by atoms with Crippen LogP contribution in [-0.4, -0.2) is 33.8 Å². The van der Waals surface area contributed by atoms with E-state index in [9.17, 15) is 14.4 Å². The number of nitrogens with one attached hydrogen (secondary N) is 2. The van der Waals surface area contributed by atoms with Gasteiger partial charge in [-0.3, -0.25) is 14.4 Å². The van der Waals surface area contributed by atoms with Gasteiger partial charge in [-0.05, 0) is 12.8 Å². The molecule has 0 aromatic carbocycles. The van der Waals surface area contributed by atoms with Crippen LogP contribution in [0.25, 0.3) is 0 Å². The molecular formula is C13H19N3O3S. The van der Waals surface area contributed by atoms with E-state index < -0.39 is 5.54 Å². The van der Waals surface area contributed by atoms with Crippen molar-refractivity contribution in [2.75, 3.05) is 6.54 Å². The molecular weight excluding hydrogens is 278 g/mol. The maximum absolute atomic E-state index is 12.7. The van der Waals surface area contributed by atoms with Crippen molar-refractivity contribution in [3.8, 4) is 0 Å². The fraction of sp³-hybridized carbons (Fsp3) is 0.615. The number of H-pyrrole nitrogens is 1. The van der Waals surface area contributed by atoms with Crippen LogP contribution in [0, 0.1) is 0 Å². The lowest BCUT2D eigenvalue weighted by molar-refractivity contribution is -0.139. The highest BCUT2D eigenvalue weighted by Gasteiger charge is 2.41. The number of aromatic nitrogens is 1. The van der Waals surface area contributed by atoms with E-state index in [0.29, 0.717) is 38.0 Å². The molecule has 1 saturated heterocycles. The summed E-state index contributed by atoms with van der Waals surface area (Å²) in [6.07, 6.45) is 1.41. The van der Waals surface area contributed by atoms with Crippen molar-refractivity contribution in [2.45, 2.75) is 45.2 Å². The summed E-state index contributed by atoms with van der Waals surface area (Å²) in [5, 5.41) is 4.58. The molecule has 2 rings (SSSR count). The summed E-state index contributed by atoms with van der Waals surface area (Å²) in [5.41, 5.74) is -0.104. The summed E-state index contributed by atoms with van der Waals surface area (Å²) in [7, 11) is 0. The third-order valence-corrected chi connectivity index (χ3v) is 4.54. The average molecular weight is 297 g/mol. The van der Waals surface area contributed by atoms with Crippen molar-refractivity contribution in [1.29, 1.82) is 0 Å². The van der Waals surface area contributed by atoms with E-state index in [-0.39, 0.29) is 16.7 Å². The zero-order valence-electron chi connectivity index (χ0n) is 11.7. The molecule has 6 nitrogen and oxygen atoms in total. The Morgan fingerprint density at radius 2 is 2.00 bits per heavy atom. The first-order valence-corrected chi connectivity index (χ1v) is 7.66. The van der Waals surface area contributed by atoms with Crippen LogP contribution in [0.4, 0.5) is 0 Å². The van der Waals surface area contributed by atoms with Crippen LogP contribution in [0.1, 0.15) is 38.8 Å². The Hall–Kier alpha value is -1.63. The molecule has 0 saturated carbocycles. The minimum Gasteiger partial charge on any atom is -0.342 e. The van der Waals surface area contributed by atoms with Gasteiger partial charge in [0, 0.05) is 24.0 Å². The smallest absolute Gasteiger partial charge is 0.304 e. The second-order valence-corrected chi connectivity index (χ2v) is 5.83. The van der Waals surface area contributed by atoms with E-state index in [1.54, 1.807) is 10.3 Å². The van der Waals surface area contributed by atoms with Crippen molar-refractivity contribution >= 4 is 23.2 Å². The lowest BCUT2D eigenvalue weighted by Gasteiger charge is -2.33. The van der Waals surface area contributed by atoms with Gasteiger partial charge in [-0.25, -0.2) is 0 Å². The Morgan fingerprint density at radius 1 is 1.30 bits per heavy atom. The van der Waals surface area contributed by atoms with Crippen LogP contribution in [0.2, 0.25) is 0 Å². The number of amides is 2. The number of carbonyl (C=O) groups excluding carboxylic acids is 2. The number of carbonyl (C=O) groups is 2. The molecule has 1 fully saturated rings. The molecule has 1 aliphatic rings. The monoisotopic (exact) mass is 297 g/mol. The van der Waals surface area contributed by atoms with E-state index in [0.717, 1.165) is 11.3 Å². The van der Waals surface area contributed by atoms with Gasteiger partial charge in [0.15, 0.2) is 0 Å². The SMILES string of the molecule is CCC1(CC)NC(=O)CCN(Cc2csc(=O)[nH]2)C1=O. The Balaban J connectivity index is 2.25. The van der Waals surface area contributed by atoms with E-state index in [4.69, 9.17) is 0 Å². The molecule has 2 amide bonds. The molecule has 1 aromatic heterocycles. The Bertz CT molecular complexity index is 559. The Kier molecular flexibility index (Phi) is 4.27. The molecule has 2 heterocycles. The fourth-order valence-corrected chi connectivity index (χ4v) is 3.07. The summed E-state index contributed by atoms with van der Waals surface area (Å²) in [6.45, 7) is 4.52. The van der Waals surface area contributed by atoms with E-state index in [1.807, 2.05) is 13.8 Å². The topological polar surface area (TPSA) is 82.3 Å². The van der Waals surface area contributed by atoms with Crippen LogP contribution < -0.4 is 10.2 Å². The van der Waals surface area contributed by atoms with Crippen molar-refractivity contribution in [2.24, 2.45) is 0 Å². The second-order valence-electron chi connectivity index (χ2n) is 4.99. The molecule has 0 bridgehead atoms. The van der Waals surface area contributed by atoms with Gasteiger partial charge in [0.1, 0.15) is 5.54 Å². The number of nitrogens with zero attached hydrogens (tertiary/aromatic N) is 1. The highest BCUT2D eigenvalue weighted by molar-refractivity contribution is 7.07. The largest absolute Gasteiger partial charge is 0.342 e. The quantitative estimate of drug-likeness (QED) is 0.864. The van der Waals surface area contributed by atoms with E-state index in [2.05, 4.69) is 10.3 Å². The van der Waals surface area contributed by atoms with Gasteiger partial charge in [-0.2, -0.15) is 0 Å². The molecule has 0 spiro atoms. The standard InChI is InChI=1S/C13H19N3O3S/c1-3-13(4-2)11(18)16(6-5-10(17)15-13)7-9-8-20-12(19)14-9/h8H,3-7H2,1-2H3,(H,14,19)(H,15,17). The number of hydrogen-bond donors (Lipinski definition) is 2. The Morgan fingerprint density at radius 3 is 2.55 bits per heavy atom. The van der Waals surface area contributed by atoms with E-state index >= 15 is 0 Å². The van der Waals surface area contributed by atoms with Gasteiger partial charge in [-0.15, -0.1) is 0 Å². The second kappa shape index (κ2) is 5.78. The number of thiazole rings is 1. The van der Waals surface area contributed by atoms with Gasteiger partial charge in [0.2, 0.25) is 11.8 Å². The van der Waals surface area contributed by atoms with Crippen molar-refractivity contribution < 1.29 is 9.59 Å². The molecule has 110 valence electrons. The van der Waals surface area contributed by atoms with Crippen LogP contribution in [0.15, 0.2) is 10.2 Å².